The van der Waals surface area contributed by atoms with E-state index in [1.807, 2.05) is 0 Å². The number of carbonyl (C=O) groups excluding carboxylic acids is 3. The fourth-order valence-electron chi connectivity index (χ4n) is 11.5. The predicted molar refractivity (Wildman–Crippen MR) is 309 cm³/mol. The molecule has 85 heavy (non-hydrogen) atoms. The molecule has 29 heteroatoms. The second kappa shape index (κ2) is 34.4. The van der Waals surface area contributed by atoms with Crippen molar-refractivity contribution < 1.29 is 82.8 Å². The third-order valence-electron chi connectivity index (χ3n) is 16.8. The first-order valence-corrected chi connectivity index (χ1v) is 30.2. The standard InChI is InChI=1S/C56H97N11O18/c1-32(2)38(52(75)76)63-55(79)64-39(34-18-21-59-36(58)30-34)50(74)62-40(42(69)33(3)4)49(73)60-20-17-23-65(22-15-13-11-9-7-8-10-12-14-16-25-67(5)26-28-82-29-27-67)41(53(77)78)46(85-54-48(81-6)43(70)35(31-57)83-54)47-44(71)45(72)51(84-47)66-24-19-37(68)61-56(66)80/h19,24,32-35,38-48,51,54,69-72H,7-18,20-23,25-31,57H2,1-6H3,(H8-,58,59,60,61,62,63,64,68,73,74,75,76,77,78,79,80)/p+1/t34?,35-,38?,39?,40?,41?,42?,43+,44-,45-,46-,47+,48+,51-,54?/m1/s1. The maximum atomic E-state index is 14.3. The number of aromatic nitrogens is 2. The number of aliphatic imine (C=N–C) groups is 1. The Hall–Kier alpha value is -5.18. The monoisotopic (exact) mass is 1210 g/mol. The van der Waals surface area contributed by atoms with Gasteiger partial charge >= 0.3 is 23.7 Å². The lowest BCUT2D eigenvalue weighted by Gasteiger charge is -2.39. The van der Waals surface area contributed by atoms with Crippen LogP contribution in [0.15, 0.2) is 26.8 Å². The number of nitrogens with one attached hydrogen (secondary N) is 5. The summed E-state index contributed by atoms with van der Waals surface area (Å²) < 4.78 is 31.6. The molecule has 1 aromatic rings. The molecule has 0 spiro atoms. The highest BCUT2D eigenvalue weighted by Crippen LogP contribution is 2.36. The zero-order chi connectivity index (χ0) is 62.5. The highest BCUT2D eigenvalue weighted by atomic mass is 16.7. The number of rotatable bonds is 36. The van der Waals surface area contributed by atoms with Gasteiger partial charge in [0.1, 0.15) is 80.0 Å². The van der Waals surface area contributed by atoms with E-state index in [1.54, 1.807) is 32.6 Å². The van der Waals surface area contributed by atoms with Crippen LogP contribution in [0.2, 0.25) is 0 Å². The number of unbranched alkanes of at least 4 members (excludes halogenated alkanes) is 9. The van der Waals surface area contributed by atoms with Crippen LogP contribution in [0.4, 0.5) is 4.79 Å². The van der Waals surface area contributed by atoms with E-state index >= 15 is 0 Å². The smallest absolute Gasteiger partial charge is 0.330 e. The summed E-state index contributed by atoms with van der Waals surface area (Å²) in [6, 6.07) is -5.95. The van der Waals surface area contributed by atoms with Crippen LogP contribution in [-0.4, -0.2) is 244 Å². The lowest BCUT2D eigenvalue weighted by molar-refractivity contribution is -0.917. The average molecular weight is 1210 g/mol. The first-order chi connectivity index (χ1) is 40.4. The molecule has 7 unspecified atom stereocenters. The number of amides is 4. The molecule has 0 saturated carbocycles. The lowest BCUT2D eigenvalue weighted by atomic mass is 9.89. The number of aromatic amines is 1. The van der Waals surface area contributed by atoms with E-state index in [4.69, 9.17) is 35.2 Å². The van der Waals surface area contributed by atoms with Gasteiger partial charge in [0.25, 0.3) is 5.56 Å². The number of nitrogens with two attached hydrogens (primary N) is 2. The Kier molecular flexibility index (Phi) is 28.6. The fourth-order valence-corrected chi connectivity index (χ4v) is 11.5. The molecule has 29 nitrogen and oxygen atoms in total. The van der Waals surface area contributed by atoms with Crippen molar-refractivity contribution in [2.75, 3.05) is 79.7 Å². The summed E-state index contributed by atoms with van der Waals surface area (Å²) >= 11 is 0. The van der Waals surface area contributed by atoms with Gasteiger partial charge in [0.05, 0.1) is 38.7 Å². The summed E-state index contributed by atoms with van der Waals surface area (Å²) in [4.78, 5) is 101. The number of aliphatic hydroxyl groups is 4. The van der Waals surface area contributed by atoms with Crippen LogP contribution in [0.1, 0.15) is 117 Å². The van der Waals surface area contributed by atoms with E-state index < -0.39 is 144 Å². The van der Waals surface area contributed by atoms with Gasteiger partial charge in [0, 0.05) is 52.0 Å². The van der Waals surface area contributed by atoms with Gasteiger partial charge in [-0.05, 0) is 56.4 Å². The SMILES string of the molecule is CO[C@@H]1C(O[C@H](C(C(=O)O)N(CCCCCCCCCCCC[N+]2(C)CCOCC2)CCCNC(=O)C(NC(=O)C(NC(=O)NC(C(=O)O)C(C)C)C2CCN=C(N)C2)C(O)C(C)C)[C@H]2O[C@@H](n3ccc(=O)[nH]c3=O)[C@H](O)[C@H]2O)O[C@H](CN)[C@@H]1O. The van der Waals surface area contributed by atoms with Crippen molar-refractivity contribution in [1.29, 1.82) is 0 Å². The number of amidine groups is 1. The number of quaternary nitrogens is 1. The molecule has 3 fully saturated rings. The number of hydrogen-bond donors (Lipinski definition) is 13. The van der Waals surface area contributed by atoms with Crippen LogP contribution < -0.4 is 44.0 Å². The third kappa shape index (κ3) is 20.4. The summed E-state index contributed by atoms with van der Waals surface area (Å²) in [5.41, 5.74) is 10.2. The van der Waals surface area contributed by atoms with E-state index in [0.29, 0.717) is 19.3 Å². The van der Waals surface area contributed by atoms with Crippen LogP contribution in [0.25, 0.3) is 0 Å². The normalized spacial score (nSPS) is 26.3. The number of urea groups is 1. The maximum Gasteiger partial charge on any atom is 0.330 e. The number of carboxylic acid groups (broad SMARTS) is 2. The van der Waals surface area contributed by atoms with E-state index in [2.05, 4.69) is 38.3 Å². The summed E-state index contributed by atoms with van der Waals surface area (Å²) in [5, 5.41) is 77.1. The molecule has 3 saturated heterocycles. The third-order valence-corrected chi connectivity index (χ3v) is 16.8. The Morgan fingerprint density at radius 3 is 2.05 bits per heavy atom. The van der Waals surface area contributed by atoms with Crippen molar-refractivity contribution in [3.05, 3.63) is 33.1 Å². The number of carbonyl (C=O) groups is 5. The molecule has 15 N–H and O–H groups in total. The number of carboxylic acids is 2. The van der Waals surface area contributed by atoms with E-state index in [9.17, 15) is 64.2 Å². The van der Waals surface area contributed by atoms with Gasteiger partial charge in [-0.25, -0.2) is 14.4 Å². The van der Waals surface area contributed by atoms with Crippen molar-refractivity contribution in [3.63, 3.8) is 0 Å². The topological polar surface area (TPSA) is 424 Å². The molecule has 0 aromatic carbocycles. The molecular weight excluding hydrogens is 1110 g/mol. The summed E-state index contributed by atoms with van der Waals surface area (Å²) in [7, 11) is 3.57. The molecule has 0 aliphatic carbocycles. The summed E-state index contributed by atoms with van der Waals surface area (Å²) in [5.74, 6) is -5.97. The predicted octanol–water partition coefficient (Wildman–Crippen LogP) is -1.71. The van der Waals surface area contributed by atoms with Gasteiger partial charge in [-0.15, -0.1) is 0 Å². The molecule has 5 rings (SSSR count). The van der Waals surface area contributed by atoms with E-state index in [0.717, 1.165) is 92.7 Å². The zero-order valence-electron chi connectivity index (χ0n) is 50.3. The molecule has 0 radical (unpaired) electrons. The van der Waals surface area contributed by atoms with Gasteiger partial charge in [-0.3, -0.25) is 38.6 Å². The van der Waals surface area contributed by atoms with Crippen LogP contribution in [0.5, 0.6) is 0 Å². The minimum atomic E-state index is -1.92. The van der Waals surface area contributed by atoms with Gasteiger partial charge in [-0.1, -0.05) is 72.6 Å². The van der Waals surface area contributed by atoms with Crippen molar-refractivity contribution in [3.8, 4) is 0 Å². The average Bonchev–Trinajstić information content (AvgIpc) is 2.64. The highest BCUT2D eigenvalue weighted by molar-refractivity contribution is 5.93. The maximum absolute atomic E-state index is 14.3. The minimum absolute atomic E-state index is 0.0413. The van der Waals surface area contributed by atoms with Gasteiger partial charge in [0.2, 0.25) is 11.8 Å². The Bertz CT molecular complexity index is 2430. The van der Waals surface area contributed by atoms with E-state index in [-0.39, 0.29) is 51.4 Å². The van der Waals surface area contributed by atoms with Gasteiger partial charge in [0.15, 0.2) is 12.5 Å². The Balaban J connectivity index is 1.35. The second-order valence-electron chi connectivity index (χ2n) is 24.0. The van der Waals surface area contributed by atoms with Crippen molar-refractivity contribution in [2.24, 2.45) is 34.2 Å². The summed E-state index contributed by atoms with van der Waals surface area (Å²) in [6.45, 7) is 11.2. The molecule has 4 amide bonds. The number of aliphatic hydroxyl groups excluding tert-OH is 4. The number of likely N-dealkylation sites (N-methyl/N-ethyl adjacent to an activating group) is 1. The molecule has 484 valence electrons. The van der Waals surface area contributed by atoms with Crippen LogP contribution >= 0.6 is 0 Å². The first-order valence-electron chi connectivity index (χ1n) is 30.2. The Labute approximate surface area is 496 Å². The minimum Gasteiger partial charge on any atom is -0.480 e. The summed E-state index contributed by atoms with van der Waals surface area (Å²) in [6.07, 6.45) is -4.35. The number of hydrogen-bond acceptors (Lipinski definition) is 20. The fraction of sp³-hybridized carbons (Fsp3) is 0.821. The molecule has 5 heterocycles. The van der Waals surface area contributed by atoms with Crippen LogP contribution in [-0.2, 0) is 42.9 Å². The van der Waals surface area contributed by atoms with Gasteiger partial charge in [-0.2, -0.15) is 0 Å². The number of nitrogens with zero attached hydrogens (tertiary/aromatic N) is 4. The van der Waals surface area contributed by atoms with Crippen LogP contribution in [0.3, 0.4) is 0 Å². The lowest BCUT2D eigenvalue weighted by Crippen LogP contribution is -2.62. The molecule has 15 atom stereocenters. The Morgan fingerprint density at radius 2 is 1.47 bits per heavy atom. The molecular formula is C56H98N11O18+. The second-order valence-corrected chi connectivity index (χ2v) is 24.0. The number of ether oxygens (including phenoxy) is 5. The van der Waals surface area contributed by atoms with Crippen LogP contribution in [0, 0.1) is 17.8 Å². The van der Waals surface area contributed by atoms with Crippen molar-refractivity contribution in [1.82, 2.24) is 35.7 Å². The first kappa shape index (κ1) is 70.6. The largest absolute Gasteiger partial charge is 0.480 e. The Morgan fingerprint density at radius 1 is 0.835 bits per heavy atom. The molecule has 4 aliphatic heterocycles. The molecule has 4 aliphatic rings. The zero-order valence-corrected chi connectivity index (χ0v) is 50.3. The highest BCUT2D eigenvalue weighted by Gasteiger charge is 2.55. The van der Waals surface area contributed by atoms with E-state index in [1.165, 1.54) is 20.0 Å². The quantitative estimate of drug-likeness (QED) is 0.0263. The van der Waals surface area contributed by atoms with Crippen molar-refractivity contribution >= 4 is 35.6 Å². The number of aliphatic carboxylic acids is 2. The van der Waals surface area contributed by atoms with Gasteiger partial charge < -0.3 is 91.5 Å². The number of H-pyrrole nitrogens is 1. The molecule has 1 aromatic heterocycles. The number of methoxy groups -OCH3 is 1. The number of morpholine rings is 1. The van der Waals surface area contributed by atoms with Crippen molar-refractivity contribution in [2.45, 2.75) is 197 Å². The molecule has 0 bridgehead atoms.